The monoisotopic (exact) mass is 552 g/mol. The number of carboxylic acid groups (broad SMARTS) is 2. The van der Waals surface area contributed by atoms with Crippen molar-refractivity contribution in [1.82, 2.24) is 15.5 Å². The summed E-state index contributed by atoms with van der Waals surface area (Å²) >= 11 is 0. The topological polar surface area (TPSA) is 162 Å². The number of likely N-dealkylation sites (tertiary alicyclic amines) is 1. The van der Waals surface area contributed by atoms with Gasteiger partial charge in [-0.05, 0) is 62.5 Å². The summed E-state index contributed by atoms with van der Waals surface area (Å²) in [5, 5.41) is 25.3. The van der Waals surface area contributed by atoms with E-state index in [0.717, 1.165) is 11.1 Å². The van der Waals surface area contributed by atoms with Gasteiger partial charge in [-0.15, -0.1) is 0 Å². The van der Waals surface area contributed by atoms with Crippen LogP contribution in [0.5, 0.6) is 0 Å². The average molecular weight is 553 g/mol. The van der Waals surface area contributed by atoms with Crippen LogP contribution in [-0.2, 0) is 32.0 Å². The molecule has 0 aliphatic carbocycles. The third-order valence-electron chi connectivity index (χ3n) is 7.24. The second-order valence-corrected chi connectivity index (χ2v) is 10.2. The van der Waals surface area contributed by atoms with Gasteiger partial charge in [0.1, 0.15) is 12.1 Å². The van der Waals surface area contributed by atoms with Gasteiger partial charge in [0.25, 0.3) is 0 Å². The number of aliphatic carboxylic acids is 2. The van der Waals surface area contributed by atoms with Crippen LogP contribution in [0.3, 0.4) is 0 Å². The number of nitrogens with one attached hydrogen (secondary N) is 2. The molecule has 1 fully saturated rings. The summed E-state index contributed by atoms with van der Waals surface area (Å²) < 4.78 is 0. The van der Waals surface area contributed by atoms with Gasteiger partial charge >= 0.3 is 11.9 Å². The van der Waals surface area contributed by atoms with Crippen molar-refractivity contribution < 1.29 is 29.4 Å². The third kappa shape index (κ3) is 9.46. The first-order chi connectivity index (χ1) is 19.3. The lowest BCUT2D eigenvalue weighted by molar-refractivity contribution is -0.149. The van der Waals surface area contributed by atoms with Gasteiger partial charge in [0.2, 0.25) is 11.8 Å². The van der Waals surface area contributed by atoms with Gasteiger partial charge < -0.3 is 26.2 Å². The van der Waals surface area contributed by atoms with E-state index < -0.39 is 42.0 Å². The van der Waals surface area contributed by atoms with Crippen molar-refractivity contribution in [3.63, 3.8) is 0 Å². The number of amides is 2. The Bertz CT molecular complexity index is 1110. The largest absolute Gasteiger partial charge is 0.480 e. The average Bonchev–Trinajstić information content (AvgIpc) is 3.45. The highest BCUT2D eigenvalue weighted by Crippen LogP contribution is 2.20. The molecular formula is C30H40N4O6. The Balaban J connectivity index is 1.56. The number of benzene rings is 2. The minimum Gasteiger partial charge on any atom is -0.480 e. The Kier molecular flexibility index (Phi) is 12.1. The zero-order valence-electron chi connectivity index (χ0n) is 22.7. The molecule has 1 heterocycles. The molecule has 3 rings (SSSR count). The van der Waals surface area contributed by atoms with E-state index >= 15 is 0 Å². The van der Waals surface area contributed by atoms with E-state index in [1.54, 1.807) is 0 Å². The molecule has 216 valence electrons. The van der Waals surface area contributed by atoms with Gasteiger partial charge in [-0.25, -0.2) is 4.79 Å². The highest BCUT2D eigenvalue weighted by molar-refractivity contribution is 5.88. The fraction of sp³-hybridized carbons (Fsp3) is 0.467. The van der Waals surface area contributed by atoms with Crippen LogP contribution < -0.4 is 16.4 Å². The maximum atomic E-state index is 13.4. The second kappa shape index (κ2) is 15.7. The van der Waals surface area contributed by atoms with Crippen molar-refractivity contribution >= 4 is 23.8 Å². The van der Waals surface area contributed by atoms with Crippen LogP contribution in [0.15, 0.2) is 60.7 Å². The summed E-state index contributed by atoms with van der Waals surface area (Å²) in [6, 6.07) is 15.6. The first-order valence-corrected chi connectivity index (χ1v) is 13.9. The summed E-state index contributed by atoms with van der Waals surface area (Å²) in [7, 11) is 0. The molecule has 0 aromatic heterocycles. The number of aryl methyl sites for hydroxylation is 1. The quantitative estimate of drug-likeness (QED) is 0.197. The summed E-state index contributed by atoms with van der Waals surface area (Å²) in [5.41, 5.74) is 8.00. The molecule has 2 amide bonds. The van der Waals surface area contributed by atoms with Crippen molar-refractivity contribution in [2.24, 2.45) is 5.73 Å². The molecule has 1 saturated heterocycles. The number of nitrogens with zero attached hydrogens (tertiary/aromatic N) is 1. The zero-order valence-corrected chi connectivity index (χ0v) is 22.7. The van der Waals surface area contributed by atoms with E-state index in [4.69, 9.17) is 5.73 Å². The molecule has 2 aromatic rings. The van der Waals surface area contributed by atoms with Crippen LogP contribution in [-0.4, -0.2) is 76.1 Å². The predicted octanol–water partition coefficient (Wildman–Crippen LogP) is 1.96. The van der Waals surface area contributed by atoms with Crippen molar-refractivity contribution in [2.45, 2.75) is 75.5 Å². The Morgan fingerprint density at radius 3 is 2.17 bits per heavy atom. The van der Waals surface area contributed by atoms with Gasteiger partial charge in [0.05, 0.1) is 12.1 Å². The number of carboxylic acids is 2. The molecule has 0 bridgehead atoms. The molecule has 1 unspecified atom stereocenters. The second-order valence-electron chi connectivity index (χ2n) is 10.2. The molecule has 6 N–H and O–H groups in total. The van der Waals surface area contributed by atoms with Crippen LogP contribution in [0, 0.1) is 0 Å². The number of carbonyl (C=O) groups excluding carboxylic acids is 2. The standard InChI is InChI=1S/C30H40N4O6/c31-23(20-22-12-5-2-6-13-22)27(35)32-18-8-7-14-24(28(36)34-19-9-15-26(34)30(39)40)33-25(29(37)38)17-16-21-10-3-1-4-11-21/h1-6,10-13,23-26,33H,7-9,14-20,31H2,(H,32,35)(H,37,38)(H,39,40)/t23-,24-,25?,26-/m0/s1. The molecule has 0 saturated carbocycles. The molecule has 4 atom stereocenters. The number of rotatable bonds is 16. The smallest absolute Gasteiger partial charge is 0.326 e. The summed E-state index contributed by atoms with van der Waals surface area (Å²) in [5.74, 6) is -2.78. The van der Waals surface area contributed by atoms with Crippen molar-refractivity contribution in [3.05, 3.63) is 71.8 Å². The van der Waals surface area contributed by atoms with Gasteiger partial charge in [-0.3, -0.25) is 19.7 Å². The van der Waals surface area contributed by atoms with E-state index in [9.17, 15) is 29.4 Å². The Morgan fingerprint density at radius 2 is 1.55 bits per heavy atom. The van der Waals surface area contributed by atoms with Crippen LogP contribution >= 0.6 is 0 Å². The lowest BCUT2D eigenvalue weighted by Gasteiger charge is -2.29. The molecule has 10 heteroatoms. The van der Waals surface area contributed by atoms with E-state index in [1.165, 1.54) is 4.90 Å². The number of hydrogen-bond donors (Lipinski definition) is 5. The summed E-state index contributed by atoms with van der Waals surface area (Å²) in [4.78, 5) is 51.0. The molecule has 1 aliphatic rings. The number of carbonyl (C=O) groups is 4. The van der Waals surface area contributed by atoms with Crippen molar-refractivity contribution in [1.29, 1.82) is 0 Å². The van der Waals surface area contributed by atoms with Crippen LogP contribution in [0.25, 0.3) is 0 Å². The van der Waals surface area contributed by atoms with Crippen LogP contribution in [0.2, 0.25) is 0 Å². The predicted molar refractivity (Wildman–Crippen MR) is 150 cm³/mol. The Labute approximate surface area is 234 Å². The van der Waals surface area contributed by atoms with Gasteiger partial charge in [-0.1, -0.05) is 60.7 Å². The van der Waals surface area contributed by atoms with Crippen LogP contribution in [0.1, 0.15) is 49.7 Å². The maximum Gasteiger partial charge on any atom is 0.326 e. The maximum absolute atomic E-state index is 13.4. The first kappa shape index (κ1) is 30.8. The Hall–Kier alpha value is -3.76. The minimum absolute atomic E-state index is 0.261. The van der Waals surface area contributed by atoms with Gasteiger partial charge in [0, 0.05) is 13.1 Å². The first-order valence-electron chi connectivity index (χ1n) is 13.9. The minimum atomic E-state index is -1.07. The third-order valence-corrected chi connectivity index (χ3v) is 7.24. The van der Waals surface area contributed by atoms with Gasteiger partial charge in [-0.2, -0.15) is 0 Å². The van der Waals surface area contributed by atoms with E-state index in [0.29, 0.717) is 58.0 Å². The molecule has 40 heavy (non-hydrogen) atoms. The lowest BCUT2D eigenvalue weighted by atomic mass is 10.0. The number of hydrogen-bond acceptors (Lipinski definition) is 6. The lowest BCUT2D eigenvalue weighted by Crippen LogP contribution is -2.54. The normalized spacial score (nSPS) is 17.1. The summed E-state index contributed by atoms with van der Waals surface area (Å²) in [6.07, 6.45) is 3.56. The SMILES string of the molecule is N[C@@H](Cc1ccccc1)C(=O)NCCCC[C@H](NC(CCc1ccccc1)C(=O)O)C(=O)N1CCC[C@H]1C(=O)O. The molecule has 0 spiro atoms. The molecular weight excluding hydrogens is 512 g/mol. The van der Waals surface area contributed by atoms with E-state index in [-0.39, 0.29) is 12.3 Å². The van der Waals surface area contributed by atoms with Gasteiger partial charge in [0.15, 0.2) is 0 Å². The number of unbranched alkanes of at least 4 members (excludes halogenated alkanes) is 1. The van der Waals surface area contributed by atoms with Crippen LogP contribution in [0.4, 0.5) is 0 Å². The van der Waals surface area contributed by atoms with Crippen molar-refractivity contribution in [2.75, 3.05) is 13.1 Å². The fourth-order valence-electron chi connectivity index (χ4n) is 5.02. The highest BCUT2D eigenvalue weighted by Gasteiger charge is 2.38. The van der Waals surface area contributed by atoms with E-state index in [1.807, 2.05) is 60.7 Å². The summed E-state index contributed by atoms with van der Waals surface area (Å²) in [6.45, 7) is 0.686. The Morgan fingerprint density at radius 1 is 0.900 bits per heavy atom. The number of nitrogens with two attached hydrogens (primary N) is 1. The molecule has 10 nitrogen and oxygen atoms in total. The molecule has 1 aliphatic heterocycles. The highest BCUT2D eigenvalue weighted by atomic mass is 16.4. The fourth-order valence-corrected chi connectivity index (χ4v) is 5.02. The zero-order chi connectivity index (χ0) is 28.9. The van der Waals surface area contributed by atoms with E-state index in [2.05, 4.69) is 10.6 Å². The van der Waals surface area contributed by atoms with Crippen molar-refractivity contribution in [3.8, 4) is 0 Å². The molecule has 0 radical (unpaired) electrons. The molecule has 2 aromatic carbocycles.